The van der Waals surface area contributed by atoms with Crippen LogP contribution in [0.15, 0.2) is 41.8 Å². The zero-order valence-electron chi connectivity index (χ0n) is 13.3. The highest BCUT2D eigenvalue weighted by molar-refractivity contribution is 7.13. The van der Waals surface area contributed by atoms with Crippen LogP contribution in [-0.2, 0) is 11.3 Å². The molecule has 0 bridgehead atoms. The van der Waals surface area contributed by atoms with Gasteiger partial charge in [-0.05, 0) is 24.6 Å². The lowest BCUT2D eigenvalue weighted by atomic mass is 10.1. The van der Waals surface area contributed by atoms with Crippen LogP contribution >= 0.6 is 11.3 Å². The minimum absolute atomic E-state index is 0.179. The molecule has 0 fully saturated rings. The molecular weight excluding hydrogens is 324 g/mol. The monoisotopic (exact) mass is 340 g/mol. The Labute approximate surface area is 143 Å². The second-order valence-electron chi connectivity index (χ2n) is 5.11. The zero-order valence-corrected chi connectivity index (χ0v) is 14.1. The van der Waals surface area contributed by atoms with Gasteiger partial charge in [0.2, 0.25) is 0 Å². The quantitative estimate of drug-likeness (QED) is 0.718. The number of methoxy groups -OCH3 is 1. The summed E-state index contributed by atoms with van der Waals surface area (Å²) in [5, 5.41) is 13.9. The van der Waals surface area contributed by atoms with Crippen molar-refractivity contribution in [3.8, 4) is 10.6 Å². The van der Waals surface area contributed by atoms with Gasteiger partial charge in [-0.3, -0.25) is 0 Å². The molecule has 6 nitrogen and oxygen atoms in total. The first-order valence-electron chi connectivity index (χ1n) is 7.33. The fraction of sp³-hybridized carbons (Fsp3) is 0.176. The van der Waals surface area contributed by atoms with E-state index >= 15 is 0 Å². The summed E-state index contributed by atoms with van der Waals surface area (Å²) in [5.74, 6) is 0.0736. The molecule has 0 aliphatic rings. The summed E-state index contributed by atoms with van der Waals surface area (Å²) >= 11 is 1.61. The molecule has 0 amide bonds. The zero-order chi connectivity index (χ0) is 16.9. The van der Waals surface area contributed by atoms with Gasteiger partial charge in [-0.1, -0.05) is 24.3 Å². The molecule has 1 aromatic carbocycles. The number of hydrogen-bond acceptors (Lipinski definition) is 7. The average molecular weight is 340 g/mol. The minimum atomic E-state index is -0.503. The highest BCUT2D eigenvalue weighted by atomic mass is 32.1. The van der Waals surface area contributed by atoms with Gasteiger partial charge < -0.3 is 10.1 Å². The number of aromatic nitrogens is 3. The van der Waals surface area contributed by atoms with Crippen LogP contribution in [0, 0.1) is 6.92 Å². The van der Waals surface area contributed by atoms with Gasteiger partial charge >= 0.3 is 5.97 Å². The number of anilines is 1. The third-order valence-corrected chi connectivity index (χ3v) is 4.36. The lowest BCUT2D eigenvalue weighted by Crippen LogP contribution is -2.08. The maximum Gasteiger partial charge on any atom is 0.358 e. The van der Waals surface area contributed by atoms with Crippen LogP contribution in [0.25, 0.3) is 10.6 Å². The number of thiazole rings is 1. The fourth-order valence-corrected chi connectivity index (χ4v) is 3.06. The first kappa shape index (κ1) is 16.1. The van der Waals surface area contributed by atoms with Gasteiger partial charge in [0.15, 0.2) is 5.69 Å². The molecule has 0 aliphatic carbocycles. The van der Waals surface area contributed by atoms with Crippen LogP contribution in [0.4, 0.5) is 5.82 Å². The summed E-state index contributed by atoms with van der Waals surface area (Å²) in [5.41, 5.74) is 3.46. The van der Waals surface area contributed by atoms with Crippen molar-refractivity contribution in [2.45, 2.75) is 13.5 Å². The second kappa shape index (κ2) is 7.18. The largest absolute Gasteiger partial charge is 0.464 e. The van der Waals surface area contributed by atoms with E-state index in [0.717, 1.165) is 16.3 Å². The van der Waals surface area contributed by atoms with Gasteiger partial charge in [0.25, 0.3) is 0 Å². The van der Waals surface area contributed by atoms with Crippen molar-refractivity contribution >= 4 is 23.1 Å². The summed E-state index contributed by atoms with van der Waals surface area (Å²) < 4.78 is 4.59. The molecule has 0 saturated heterocycles. The Morgan fingerprint density at radius 2 is 2.04 bits per heavy atom. The Morgan fingerprint density at radius 1 is 1.21 bits per heavy atom. The lowest BCUT2D eigenvalue weighted by Gasteiger charge is -2.03. The van der Waals surface area contributed by atoms with Crippen molar-refractivity contribution in [1.82, 2.24) is 15.2 Å². The fourth-order valence-electron chi connectivity index (χ4n) is 2.15. The van der Waals surface area contributed by atoms with Gasteiger partial charge in [-0.15, -0.1) is 21.5 Å². The van der Waals surface area contributed by atoms with Crippen LogP contribution < -0.4 is 5.32 Å². The number of aryl methyl sites for hydroxylation is 1. The normalized spacial score (nSPS) is 10.4. The third-order valence-electron chi connectivity index (χ3n) is 3.44. The van der Waals surface area contributed by atoms with E-state index in [4.69, 9.17) is 0 Å². The smallest absolute Gasteiger partial charge is 0.358 e. The van der Waals surface area contributed by atoms with Crippen LogP contribution in [-0.4, -0.2) is 28.3 Å². The van der Waals surface area contributed by atoms with E-state index in [-0.39, 0.29) is 5.69 Å². The molecule has 2 aromatic heterocycles. The number of esters is 1. The van der Waals surface area contributed by atoms with Crippen molar-refractivity contribution in [2.75, 3.05) is 12.4 Å². The van der Waals surface area contributed by atoms with Gasteiger partial charge in [0.05, 0.1) is 19.3 Å². The van der Waals surface area contributed by atoms with Gasteiger partial charge in [0, 0.05) is 10.9 Å². The average Bonchev–Trinajstić information content (AvgIpc) is 3.09. The molecule has 7 heteroatoms. The number of ether oxygens (including phenoxy) is 1. The molecule has 0 spiro atoms. The second-order valence-corrected chi connectivity index (χ2v) is 5.97. The van der Waals surface area contributed by atoms with Crippen molar-refractivity contribution in [1.29, 1.82) is 0 Å². The standard InChI is InChI=1S/C17H16N4O2S/c1-11-5-3-4-6-13(11)16-19-12(10-24-16)9-18-15-8-7-14(20-21-15)17(22)23-2/h3-8,10H,9H2,1-2H3,(H,18,21). The number of hydrogen-bond donors (Lipinski definition) is 1. The Kier molecular flexibility index (Phi) is 4.81. The van der Waals surface area contributed by atoms with E-state index in [2.05, 4.69) is 44.3 Å². The Hall–Kier alpha value is -2.80. The van der Waals surface area contributed by atoms with Crippen LogP contribution in [0.3, 0.4) is 0 Å². The summed E-state index contributed by atoms with van der Waals surface area (Å²) in [4.78, 5) is 16.0. The number of carbonyl (C=O) groups is 1. The number of benzene rings is 1. The maximum atomic E-state index is 11.3. The minimum Gasteiger partial charge on any atom is -0.464 e. The summed E-state index contributed by atoms with van der Waals surface area (Å²) in [6.45, 7) is 2.61. The Morgan fingerprint density at radius 3 is 2.75 bits per heavy atom. The first-order valence-corrected chi connectivity index (χ1v) is 8.21. The van der Waals surface area contributed by atoms with E-state index in [0.29, 0.717) is 12.4 Å². The molecular formula is C17H16N4O2S. The molecule has 0 saturated carbocycles. The van der Waals surface area contributed by atoms with Crippen LogP contribution in [0.1, 0.15) is 21.7 Å². The van der Waals surface area contributed by atoms with Gasteiger partial charge in [-0.25, -0.2) is 9.78 Å². The van der Waals surface area contributed by atoms with Crippen molar-refractivity contribution in [3.05, 3.63) is 58.7 Å². The van der Waals surface area contributed by atoms with Crippen LogP contribution in [0.5, 0.6) is 0 Å². The molecule has 24 heavy (non-hydrogen) atoms. The number of carbonyl (C=O) groups excluding carboxylic acids is 1. The molecule has 2 heterocycles. The molecule has 122 valence electrons. The van der Waals surface area contributed by atoms with E-state index in [1.54, 1.807) is 23.5 Å². The van der Waals surface area contributed by atoms with Crippen LogP contribution in [0.2, 0.25) is 0 Å². The topological polar surface area (TPSA) is 77.0 Å². The third kappa shape index (κ3) is 3.57. The summed E-state index contributed by atoms with van der Waals surface area (Å²) in [7, 11) is 1.31. The Balaban J connectivity index is 1.65. The van der Waals surface area contributed by atoms with Gasteiger partial charge in [0.1, 0.15) is 10.8 Å². The maximum absolute atomic E-state index is 11.3. The SMILES string of the molecule is COC(=O)c1ccc(NCc2csc(-c3ccccc3C)n2)nn1. The Bertz CT molecular complexity index is 846. The molecule has 0 radical (unpaired) electrons. The molecule has 3 aromatic rings. The predicted molar refractivity (Wildman–Crippen MR) is 93.0 cm³/mol. The van der Waals surface area contributed by atoms with Crippen molar-refractivity contribution < 1.29 is 9.53 Å². The molecule has 0 unspecified atom stereocenters. The molecule has 0 aliphatic heterocycles. The summed E-state index contributed by atoms with van der Waals surface area (Å²) in [6.07, 6.45) is 0. The predicted octanol–water partition coefficient (Wildman–Crippen LogP) is 3.31. The van der Waals surface area contributed by atoms with Gasteiger partial charge in [-0.2, -0.15) is 0 Å². The molecule has 0 atom stereocenters. The number of nitrogens with one attached hydrogen (secondary N) is 1. The number of rotatable bonds is 5. The summed E-state index contributed by atoms with van der Waals surface area (Å²) in [6, 6.07) is 11.4. The molecule has 1 N–H and O–H groups in total. The van der Waals surface area contributed by atoms with E-state index < -0.39 is 5.97 Å². The van der Waals surface area contributed by atoms with Crippen molar-refractivity contribution in [2.24, 2.45) is 0 Å². The first-order chi connectivity index (χ1) is 11.7. The van der Waals surface area contributed by atoms with E-state index in [9.17, 15) is 4.79 Å². The lowest BCUT2D eigenvalue weighted by molar-refractivity contribution is 0.0593. The highest BCUT2D eigenvalue weighted by Crippen LogP contribution is 2.26. The molecule has 3 rings (SSSR count). The van der Waals surface area contributed by atoms with E-state index in [1.165, 1.54) is 12.7 Å². The van der Waals surface area contributed by atoms with E-state index in [1.807, 2.05) is 17.5 Å². The van der Waals surface area contributed by atoms with Crippen molar-refractivity contribution in [3.63, 3.8) is 0 Å². The highest BCUT2D eigenvalue weighted by Gasteiger charge is 2.09. The number of nitrogens with zero attached hydrogens (tertiary/aromatic N) is 3.